The Labute approximate surface area is 189 Å². The summed E-state index contributed by atoms with van der Waals surface area (Å²) in [4.78, 5) is 29.6. The van der Waals surface area contributed by atoms with Crippen LogP contribution in [0.4, 0.5) is 43.7 Å². The van der Waals surface area contributed by atoms with Gasteiger partial charge in [0.1, 0.15) is 5.82 Å². The predicted molar refractivity (Wildman–Crippen MR) is 125 cm³/mol. The van der Waals surface area contributed by atoms with E-state index in [4.69, 9.17) is 5.73 Å². The van der Waals surface area contributed by atoms with Gasteiger partial charge in [-0.15, -0.1) is 0 Å². The second-order valence-corrected chi connectivity index (χ2v) is 7.46. The van der Waals surface area contributed by atoms with Crippen LogP contribution in [0, 0.1) is 5.95 Å². The number of nitrogens with one attached hydrogen (secondary N) is 1. The molecular weight excluding hydrogens is 421 g/mol. The summed E-state index contributed by atoms with van der Waals surface area (Å²) >= 11 is 0. The normalized spacial score (nSPS) is 13.4. The third-order valence-electron chi connectivity index (χ3n) is 5.28. The molecule has 1 aliphatic heterocycles. The van der Waals surface area contributed by atoms with Gasteiger partial charge in [0, 0.05) is 35.9 Å². The smallest absolute Gasteiger partial charge is 0.334 e. The summed E-state index contributed by atoms with van der Waals surface area (Å²) in [5.74, 6) is -0.114. The first-order valence-electron chi connectivity index (χ1n) is 10.4. The lowest BCUT2D eigenvalue weighted by Gasteiger charge is -2.28. The Kier molecular flexibility index (Phi) is 5.27. The number of para-hydroxylation sites is 1. The van der Waals surface area contributed by atoms with E-state index < -0.39 is 5.95 Å². The zero-order valence-corrected chi connectivity index (χ0v) is 17.5. The Hall–Kier alpha value is -4.53. The molecule has 0 spiro atoms. The van der Waals surface area contributed by atoms with Crippen molar-refractivity contribution in [3.05, 3.63) is 90.6 Å². The van der Waals surface area contributed by atoms with Crippen molar-refractivity contribution in [3.63, 3.8) is 0 Å². The first-order chi connectivity index (χ1) is 16.1. The molecule has 0 unspecified atom stereocenters. The Morgan fingerprint density at radius 3 is 2.58 bits per heavy atom. The number of carbonyl (C=O) groups excluding carboxylic acids is 1. The van der Waals surface area contributed by atoms with Gasteiger partial charge in [-0.2, -0.15) is 9.37 Å². The minimum Gasteiger partial charge on any atom is -0.399 e. The van der Waals surface area contributed by atoms with Gasteiger partial charge in [0.25, 0.3) is 0 Å². The van der Waals surface area contributed by atoms with Crippen molar-refractivity contribution in [2.45, 2.75) is 6.42 Å². The number of hydrogen-bond donors (Lipinski definition) is 2. The van der Waals surface area contributed by atoms with Gasteiger partial charge in [0.2, 0.25) is 11.9 Å². The van der Waals surface area contributed by atoms with Gasteiger partial charge in [-0.05, 0) is 48.9 Å². The largest absolute Gasteiger partial charge is 0.399 e. The van der Waals surface area contributed by atoms with Gasteiger partial charge in [-0.3, -0.25) is 4.90 Å². The lowest BCUT2D eigenvalue weighted by molar-refractivity contribution is 0.254. The second kappa shape index (κ2) is 8.54. The fraction of sp³-hybridized carbons (Fsp3) is 0.0833. The zero-order chi connectivity index (χ0) is 22.8. The monoisotopic (exact) mass is 441 g/mol. The Morgan fingerprint density at radius 2 is 1.79 bits per heavy atom. The maximum absolute atomic E-state index is 14.1. The van der Waals surface area contributed by atoms with Crippen molar-refractivity contribution in [1.29, 1.82) is 0 Å². The zero-order valence-electron chi connectivity index (χ0n) is 17.5. The van der Waals surface area contributed by atoms with Crippen molar-refractivity contribution in [3.8, 4) is 0 Å². The van der Waals surface area contributed by atoms with Crippen LogP contribution in [0.25, 0.3) is 0 Å². The van der Waals surface area contributed by atoms with Crippen LogP contribution in [0.3, 0.4) is 0 Å². The number of amides is 2. The molecule has 5 rings (SSSR count). The molecule has 0 atom stereocenters. The number of pyridine rings is 1. The van der Waals surface area contributed by atoms with Gasteiger partial charge in [0.15, 0.2) is 0 Å². The van der Waals surface area contributed by atoms with E-state index >= 15 is 0 Å². The molecule has 1 aliphatic rings. The number of hydrogen-bond acceptors (Lipinski definition) is 6. The maximum Gasteiger partial charge on any atom is 0.334 e. The van der Waals surface area contributed by atoms with E-state index in [0.29, 0.717) is 30.2 Å². The molecule has 0 radical (unpaired) electrons. The first kappa shape index (κ1) is 20.4. The van der Waals surface area contributed by atoms with Crippen molar-refractivity contribution < 1.29 is 9.18 Å². The number of halogens is 1. The summed E-state index contributed by atoms with van der Waals surface area (Å²) < 4.78 is 14.1. The number of nitrogens with two attached hydrogens (primary N) is 1. The maximum atomic E-state index is 14.1. The quantitative estimate of drug-likeness (QED) is 0.353. The molecule has 0 fully saturated rings. The standard InChI is InChI=1S/C24H20FN7O/c25-21-20(10-5-12-27-21)29-23-28-15-16-11-13-31(18-7-2-1-3-8-18)24(33)32(22(16)30-23)19-9-4-6-17(26)14-19/h1-10,12,14-15H,11,13,26H2,(H,28,29,30). The summed E-state index contributed by atoms with van der Waals surface area (Å²) in [6.07, 6.45) is 3.55. The molecule has 0 aliphatic carbocycles. The SMILES string of the molecule is Nc1cccc(N2C(=O)N(c3ccccc3)CCc3cnc(Nc4cccnc4F)nc32)c1. The molecule has 2 aromatic carbocycles. The van der Waals surface area contributed by atoms with E-state index in [-0.39, 0.29) is 17.7 Å². The third kappa shape index (κ3) is 4.03. The van der Waals surface area contributed by atoms with Crippen LogP contribution in [0.5, 0.6) is 0 Å². The molecule has 4 aromatic rings. The molecule has 0 saturated heterocycles. The molecule has 8 nitrogen and oxygen atoms in total. The lowest BCUT2D eigenvalue weighted by atomic mass is 10.2. The summed E-state index contributed by atoms with van der Waals surface area (Å²) in [7, 11) is 0. The number of carbonyl (C=O) groups is 1. The van der Waals surface area contributed by atoms with Crippen LogP contribution in [-0.2, 0) is 6.42 Å². The average molecular weight is 441 g/mol. The van der Waals surface area contributed by atoms with E-state index in [2.05, 4.69) is 20.3 Å². The topological polar surface area (TPSA) is 100 Å². The van der Waals surface area contributed by atoms with Gasteiger partial charge >= 0.3 is 6.03 Å². The number of aromatic nitrogens is 3. The number of nitrogen functional groups attached to an aromatic ring is 1. The number of urea groups is 1. The van der Waals surface area contributed by atoms with Gasteiger partial charge in [-0.1, -0.05) is 24.3 Å². The van der Waals surface area contributed by atoms with Crippen LogP contribution in [-0.4, -0.2) is 27.5 Å². The molecule has 2 amide bonds. The van der Waals surface area contributed by atoms with E-state index in [1.54, 1.807) is 41.4 Å². The summed E-state index contributed by atoms with van der Waals surface area (Å²) in [6.45, 7) is 0.446. The van der Waals surface area contributed by atoms with Gasteiger partial charge in [0.05, 0.1) is 11.4 Å². The van der Waals surface area contributed by atoms with E-state index in [9.17, 15) is 9.18 Å². The summed E-state index contributed by atoms with van der Waals surface area (Å²) in [6, 6.07) is 19.3. The highest BCUT2D eigenvalue weighted by atomic mass is 19.1. The highest BCUT2D eigenvalue weighted by molar-refractivity contribution is 6.09. The average Bonchev–Trinajstić information content (AvgIpc) is 2.97. The van der Waals surface area contributed by atoms with Gasteiger partial charge in [-0.25, -0.2) is 19.7 Å². The minimum atomic E-state index is -0.671. The highest BCUT2D eigenvalue weighted by Gasteiger charge is 2.32. The second-order valence-electron chi connectivity index (χ2n) is 7.46. The minimum absolute atomic E-state index is 0.138. The lowest BCUT2D eigenvalue weighted by Crippen LogP contribution is -2.40. The number of nitrogens with zero attached hydrogens (tertiary/aromatic N) is 5. The Morgan fingerprint density at radius 1 is 0.970 bits per heavy atom. The predicted octanol–water partition coefficient (Wildman–Crippen LogP) is 4.66. The number of anilines is 6. The fourth-order valence-corrected chi connectivity index (χ4v) is 3.71. The van der Waals surface area contributed by atoms with Crippen LogP contribution >= 0.6 is 0 Å². The molecule has 33 heavy (non-hydrogen) atoms. The Balaban J connectivity index is 1.61. The summed E-state index contributed by atoms with van der Waals surface area (Å²) in [5, 5.41) is 2.85. The van der Waals surface area contributed by atoms with Crippen LogP contribution < -0.4 is 20.9 Å². The van der Waals surface area contributed by atoms with E-state index in [0.717, 1.165) is 11.3 Å². The fourth-order valence-electron chi connectivity index (χ4n) is 3.71. The number of rotatable bonds is 4. The van der Waals surface area contributed by atoms with Crippen molar-refractivity contribution in [2.24, 2.45) is 0 Å². The van der Waals surface area contributed by atoms with Crippen molar-refractivity contribution in [2.75, 3.05) is 27.4 Å². The molecule has 3 heterocycles. The van der Waals surface area contributed by atoms with E-state index in [1.807, 2.05) is 30.3 Å². The number of fused-ring (bicyclic) bond motifs is 1. The molecule has 3 N–H and O–H groups in total. The first-order valence-corrected chi connectivity index (χ1v) is 10.4. The van der Waals surface area contributed by atoms with Crippen LogP contribution in [0.1, 0.15) is 5.56 Å². The Bertz CT molecular complexity index is 1320. The van der Waals surface area contributed by atoms with Crippen molar-refractivity contribution >= 4 is 40.5 Å². The van der Waals surface area contributed by atoms with E-state index in [1.165, 1.54) is 17.2 Å². The molecule has 2 aromatic heterocycles. The summed E-state index contributed by atoms with van der Waals surface area (Å²) in [5.41, 5.74) is 8.79. The highest BCUT2D eigenvalue weighted by Crippen LogP contribution is 2.34. The molecule has 164 valence electrons. The number of benzene rings is 2. The molecule has 0 saturated carbocycles. The van der Waals surface area contributed by atoms with Crippen LogP contribution in [0.15, 0.2) is 79.1 Å². The molecular formula is C24H20FN7O. The van der Waals surface area contributed by atoms with Crippen molar-refractivity contribution in [1.82, 2.24) is 15.0 Å². The molecule has 0 bridgehead atoms. The molecule has 9 heteroatoms. The van der Waals surface area contributed by atoms with Crippen LogP contribution in [0.2, 0.25) is 0 Å². The van der Waals surface area contributed by atoms with Gasteiger partial charge < -0.3 is 11.1 Å². The third-order valence-corrected chi connectivity index (χ3v) is 5.28.